The lowest BCUT2D eigenvalue weighted by Crippen LogP contribution is -2.25. The summed E-state index contributed by atoms with van der Waals surface area (Å²) in [5, 5.41) is 5.99. The molecule has 1 saturated carbocycles. The van der Waals surface area contributed by atoms with E-state index in [9.17, 15) is 4.79 Å². The van der Waals surface area contributed by atoms with Crippen LogP contribution in [0.25, 0.3) is 0 Å². The van der Waals surface area contributed by atoms with E-state index < -0.39 is 0 Å². The molecular weight excluding hydrogens is 254 g/mol. The summed E-state index contributed by atoms with van der Waals surface area (Å²) in [6.45, 7) is 5.02. The molecule has 1 aromatic rings. The van der Waals surface area contributed by atoms with Crippen molar-refractivity contribution in [2.24, 2.45) is 5.92 Å². The Hall–Kier alpha value is -1.62. The number of aromatic nitrogens is 1. The molecule has 2 rings (SSSR count). The van der Waals surface area contributed by atoms with Gasteiger partial charge in [0.05, 0.1) is 0 Å². The summed E-state index contributed by atoms with van der Waals surface area (Å²) in [6, 6.07) is 3.49. The van der Waals surface area contributed by atoms with Gasteiger partial charge >= 0.3 is 0 Å². The second kappa shape index (κ2) is 7.85. The van der Waals surface area contributed by atoms with Gasteiger partial charge in [-0.3, -0.25) is 4.79 Å². The van der Waals surface area contributed by atoms with E-state index in [-0.39, 0.29) is 5.91 Å². The summed E-state index contributed by atoms with van der Waals surface area (Å²) in [4.78, 5) is 16.1. The first-order valence-electron chi connectivity index (χ1n) is 7.35. The van der Waals surface area contributed by atoms with Crippen LogP contribution in [-0.2, 0) is 4.74 Å². The number of hydrogen-bond donors (Lipinski definition) is 2. The zero-order chi connectivity index (χ0) is 14.2. The number of pyridine rings is 1. The first kappa shape index (κ1) is 14.8. The van der Waals surface area contributed by atoms with E-state index in [2.05, 4.69) is 15.6 Å². The summed E-state index contributed by atoms with van der Waals surface area (Å²) < 4.78 is 5.52. The van der Waals surface area contributed by atoms with Gasteiger partial charge in [0.1, 0.15) is 5.82 Å². The number of hydrogen-bond acceptors (Lipinski definition) is 4. The molecule has 1 aliphatic carbocycles. The number of nitrogens with zero attached hydrogens (tertiary/aromatic N) is 1. The Balaban J connectivity index is 1.64. The van der Waals surface area contributed by atoms with E-state index in [0.717, 1.165) is 37.9 Å². The van der Waals surface area contributed by atoms with Crippen LogP contribution in [0.4, 0.5) is 5.82 Å². The fourth-order valence-corrected chi connectivity index (χ4v) is 1.86. The highest BCUT2D eigenvalue weighted by Gasteiger charge is 2.20. The van der Waals surface area contributed by atoms with Crippen LogP contribution in [0.1, 0.15) is 36.5 Å². The molecule has 1 heterocycles. The fraction of sp³-hybridized carbons (Fsp3) is 0.600. The van der Waals surface area contributed by atoms with E-state index >= 15 is 0 Å². The first-order chi connectivity index (χ1) is 9.79. The molecule has 1 fully saturated rings. The van der Waals surface area contributed by atoms with Crippen molar-refractivity contribution in [3.8, 4) is 0 Å². The molecule has 0 bridgehead atoms. The predicted molar refractivity (Wildman–Crippen MR) is 78.9 cm³/mol. The zero-order valence-corrected chi connectivity index (χ0v) is 12.0. The Bertz CT molecular complexity index is 433. The topological polar surface area (TPSA) is 63.2 Å². The second-order valence-electron chi connectivity index (χ2n) is 5.09. The summed E-state index contributed by atoms with van der Waals surface area (Å²) in [5.74, 6) is 1.47. The number of nitrogens with one attached hydrogen (secondary N) is 2. The lowest BCUT2D eigenvalue weighted by molar-refractivity contribution is 0.0937. The highest BCUT2D eigenvalue weighted by Crippen LogP contribution is 2.28. The van der Waals surface area contributed by atoms with Gasteiger partial charge in [-0.15, -0.1) is 0 Å². The maximum absolute atomic E-state index is 11.9. The number of rotatable bonds is 9. The van der Waals surface area contributed by atoms with Crippen molar-refractivity contribution >= 4 is 11.7 Å². The number of anilines is 1. The van der Waals surface area contributed by atoms with Crippen molar-refractivity contribution in [1.29, 1.82) is 0 Å². The van der Waals surface area contributed by atoms with Crippen LogP contribution in [0, 0.1) is 5.92 Å². The minimum absolute atomic E-state index is 0.0613. The Kier molecular flexibility index (Phi) is 5.80. The summed E-state index contributed by atoms with van der Waals surface area (Å²) in [5.41, 5.74) is 0.634. The van der Waals surface area contributed by atoms with E-state index in [4.69, 9.17) is 4.74 Å². The third-order valence-electron chi connectivity index (χ3n) is 3.18. The van der Waals surface area contributed by atoms with Gasteiger partial charge in [0, 0.05) is 38.1 Å². The summed E-state index contributed by atoms with van der Waals surface area (Å²) in [7, 11) is 0. The average molecular weight is 277 g/mol. The van der Waals surface area contributed by atoms with Crippen molar-refractivity contribution < 1.29 is 9.53 Å². The molecule has 1 aliphatic rings. The van der Waals surface area contributed by atoms with Crippen molar-refractivity contribution in [1.82, 2.24) is 10.3 Å². The van der Waals surface area contributed by atoms with Crippen LogP contribution in [0.3, 0.4) is 0 Å². The van der Waals surface area contributed by atoms with Gasteiger partial charge in [-0.25, -0.2) is 4.98 Å². The molecule has 2 N–H and O–H groups in total. The minimum atomic E-state index is -0.0613. The van der Waals surface area contributed by atoms with Gasteiger partial charge in [-0.05, 0) is 44.2 Å². The Morgan fingerprint density at radius 3 is 3.10 bits per heavy atom. The van der Waals surface area contributed by atoms with Crippen LogP contribution < -0.4 is 10.6 Å². The van der Waals surface area contributed by atoms with Crippen LogP contribution in [0.15, 0.2) is 18.3 Å². The number of amides is 1. The maximum Gasteiger partial charge on any atom is 0.251 e. The molecule has 110 valence electrons. The molecule has 0 atom stereocenters. The largest absolute Gasteiger partial charge is 0.381 e. The molecule has 5 heteroatoms. The normalized spacial score (nSPS) is 14.1. The van der Waals surface area contributed by atoms with E-state index in [0.29, 0.717) is 12.1 Å². The molecule has 0 saturated heterocycles. The number of carbonyl (C=O) groups excluding carboxylic acids is 1. The summed E-state index contributed by atoms with van der Waals surface area (Å²) in [6.07, 6.45) is 5.12. The first-order valence-corrected chi connectivity index (χ1v) is 7.35. The summed E-state index contributed by atoms with van der Waals surface area (Å²) >= 11 is 0. The third kappa shape index (κ3) is 5.17. The monoisotopic (exact) mass is 277 g/mol. The molecule has 0 aromatic carbocycles. The molecule has 0 spiro atoms. The molecule has 1 aromatic heterocycles. The minimum Gasteiger partial charge on any atom is -0.381 e. The van der Waals surface area contributed by atoms with Crippen LogP contribution >= 0.6 is 0 Å². The van der Waals surface area contributed by atoms with Crippen LogP contribution in [-0.4, -0.2) is 37.2 Å². The van der Waals surface area contributed by atoms with Crippen molar-refractivity contribution in [2.75, 3.05) is 31.6 Å². The molecule has 5 nitrogen and oxygen atoms in total. The highest BCUT2D eigenvalue weighted by molar-refractivity contribution is 5.94. The molecule has 0 aliphatic heterocycles. The smallest absolute Gasteiger partial charge is 0.251 e. The Labute approximate surface area is 120 Å². The zero-order valence-electron chi connectivity index (χ0n) is 12.0. The standard InChI is InChI=1S/C15H23N3O2/c1-2-16-14-10-13(6-8-17-14)15(19)18-7-3-9-20-11-12-4-5-12/h6,8,10,12H,2-5,7,9,11H2,1H3,(H,16,17)(H,18,19). The van der Waals surface area contributed by atoms with Crippen molar-refractivity contribution in [2.45, 2.75) is 26.2 Å². The number of carbonyl (C=O) groups is 1. The molecule has 20 heavy (non-hydrogen) atoms. The van der Waals surface area contributed by atoms with Crippen molar-refractivity contribution in [3.05, 3.63) is 23.9 Å². The van der Waals surface area contributed by atoms with Gasteiger partial charge in [0.15, 0.2) is 0 Å². The number of ether oxygens (including phenoxy) is 1. The van der Waals surface area contributed by atoms with E-state index in [1.165, 1.54) is 12.8 Å². The Morgan fingerprint density at radius 2 is 2.35 bits per heavy atom. The van der Waals surface area contributed by atoms with E-state index in [1.807, 2.05) is 6.92 Å². The van der Waals surface area contributed by atoms with Gasteiger partial charge in [0.25, 0.3) is 5.91 Å². The molecule has 0 radical (unpaired) electrons. The quantitative estimate of drug-likeness (QED) is 0.678. The SMILES string of the molecule is CCNc1cc(C(=O)NCCCOCC2CC2)ccn1. The van der Waals surface area contributed by atoms with Crippen LogP contribution in [0.2, 0.25) is 0 Å². The van der Waals surface area contributed by atoms with Gasteiger partial charge < -0.3 is 15.4 Å². The molecular formula is C15H23N3O2. The van der Waals surface area contributed by atoms with Crippen molar-refractivity contribution in [3.63, 3.8) is 0 Å². The lowest BCUT2D eigenvalue weighted by Gasteiger charge is -2.07. The molecule has 1 amide bonds. The second-order valence-corrected chi connectivity index (χ2v) is 5.09. The Morgan fingerprint density at radius 1 is 1.50 bits per heavy atom. The molecule has 0 unspecified atom stereocenters. The predicted octanol–water partition coefficient (Wildman–Crippen LogP) is 2.06. The van der Waals surface area contributed by atoms with Gasteiger partial charge in [-0.2, -0.15) is 0 Å². The fourth-order valence-electron chi connectivity index (χ4n) is 1.86. The third-order valence-corrected chi connectivity index (χ3v) is 3.18. The highest BCUT2D eigenvalue weighted by atomic mass is 16.5. The average Bonchev–Trinajstić information content (AvgIpc) is 3.27. The van der Waals surface area contributed by atoms with Gasteiger partial charge in [-0.1, -0.05) is 0 Å². The van der Waals surface area contributed by atoms with Gasteiger partial charge in [0.2, 0.25) is 0 Å². The maximum atomic E-state index is 11.9. The van der Waals surface area contributed by atoms with Crippen LogP contribution in [0.5, 0.6) is 0 Å². The lowest BCUT2D eigenvalue weighted by atomic mass is 10.2. The van der Waals surface area contributed by atoms with E-state index in [1.54, 1.807) is 18.3 Å².